The van der Waals surface area contributed by atoms with E-state index in [-0.39, 0.29) is 12.5 Å². The van der Waals surface area contributed by atoms with Crippen LogP contribution in [0.4, 0.5) is 5.82 Å². The maximum absolute atomic E-state index is 12.0. The van der Waals surface area contributed by atoms with Crippen molar-refractivity contribution in [2.45, 2.75) is 13.0 Å². The Kier molecular flexibility index (Phi) is 5.11. The van der Waals surface area contributed by atoms with E-state index in [9.17, 15) is 4.79 Å². The molecule has 0 fully saturated rings. The van der Waals surface area contributed by atoms with Crippen LogP contribution in [0.3, 0.4) is 0 Å². The van der Waals surface area contributed by atoms with E-state index in [4.69, 9.17) is 10.5 Å². The SMILES string of the molecule is COCC(N)C(=O)Nc1cc(C)nn1-c1cccc(Br)c1. The first-order valence-corrected chi connectivity index (χ1v) is 7.18. The number of halogens is 1. The lowest BCUT2D eigenvalue weighted by atomic mass is 10.3. The quantitative estimate of drug-likeness (QED) is 0.860. The van der Waals surface area contributed by atoms with Crippen LogP contribution in [-0.2, 0) is 9.53 Å². The zero-order valence-electron chi connectivity index (χ0n) is 11.8. The average molecular weight is 353 g/mol. The molecule has 1 aromatic heterocycles. The van der Waals surface area contributed by atoms with Gasteiger partial charge < -0.3 is 15.8 Å². The van der Waals surface area contributed by atoms with Crippen LogP contribution >= 0.6 is 15.9 Å². The van der Waals surface area contributed by atoms with E-state index in [1.165, 1.54) is 7.11 Å². The molecule has 112 valence electrons. The number of aromatic nitrogens is 2. The van der Waals surface area contributed by atoms with Crippen LogP contribution in [0, 0.1) is 6.92 Å². The molecule has 0 aliphatic heterocycles. The lowest BCUT2D eigenvalue weighted by Gasteiger charge is -2.12. The van der Waals surface area contributed by atoms with Gasteiger partial charge in [0, 0.05) is 17.6 Å². The molecule has 0 radical (unpaired) electrons. The maximum Gasteiger partial charge on any atom is 0.244 e. The fraction of sp³-hybridized carbons (Fsp3) is 0.286. The number of methoxy groups -OCH3 is 1. The Morgan fingerprint density at radius 2 is 2.29 bits per heavy atom. The third-order valence-electron chi connectivity index (χ3n) is 2.82. The van der Waals surface area contributed by atoms with Crippen molar-refractivity contribution in [3.8, 4) is 5.69 Å². The molecule has 21 heavy (non-hydrogen) atoms. The molecule has 3 N–H and O–H groups in total. The van der Waals surface area contributed by atoms with Gasteiger partial charge in [-0.1, -0.05) is 22.0 Å². The summed E-state index contributed by atoms with van der Waals surface area (Å²) in [6.45, 7) is 2.02. The van der Waals surface area contributed by atoms with Gasteiger partial charge in [-0.2, -0.15) is 5.10 Å². The van der Waals surface area contributed by atoms with Crippen molar-refractivity contribution in [1.29, 1.82) is 0 Å². The number of rotatable bonds is 5. The number of anilines is 1. The summed E-state index contributed by atoms with van der Waals surface area (Å²) in [5.74, 6) is 0.259. The third-order valence-corrected chi connectivity index (χ3v) is 3.31. The number of hydrogen-bond acceptors (Lipinski definition) is 4. The molecule has 6 nitrogen and oxygen atoms in total. The summed E-state index contributed by atoms with van der Waals surface area (Å²) in [5.41, 5.74) is 7.36. The number of hydrogen-bond donors (Lipinski definition) is 2. The largest absolute Gasteiger partial charge is 0.383 e. The van der Waals surface area contributed by atoms with Crippen molar-refractivity contribution in [2.24, 2.45) is 5.73 Å². The number of ether oxygens (including phenoxy) is 1. The Balaban J connectivity index is 2.27. The molecule has 7 heteroatoms. The van der Waals surface area contributed by atoms with Gasteiger partial charge in [-0.15, -0.1) is 0 Å². The van der Waals surface area contributed by atoms with Crippen LogP contribution in [0.2, 0.25) is 0 Å². The minimum atomic E-state index is -0.721. The summed E-state index contributed by atoms with van der Waals surface area (Å²) in [7, 11) is 1.50. The molecule has 1 atom stereocenters. The molecule has 1 amide bonds. The number of benzene rings is 1. The van der Waals surface area contributed by atoms with E-state index in [1.807, 2.05) is 31.2 Å². The number of nitrogens with zero attached hydrogens (tertiary/aromatic N) is 2. The van der Waals surface area contributed by atoms with Gasteiger partial charge in [0.15, 0.2) is 0 Å². The van der Waals surface area contributed by atoms with Crippen LogP contribution in [0.25, 0.3) is 5.69 Å². The van der Waals surface area contributed by atoms with E-state index >= 15 is 0 Å². The lowest BCUT2D eigenvalue weighted by molar-refractivity contribution is -0.118. The molecular weight excluding hydrogens is 336 g/mol. The van der Waals surface area contributed by atoms with Crippen LogP contribution in [0.5, 0.6) is 0 Å². The second-order valence-corrected chi connectivity index (χ2v) is 5.53. The van der Waals surface area contributed by atoms with Gasteiger partial charge in [0.2, 0.25) is 5.91 Å². The van der Waals surface area contributed by atoms with Gasteiger partial charge in [-0.05, 0) is 25.1 Å². The minimum Gasteiger partial charge on any atom is -0.383 e. The molecule has 0 aliphatic carbocycles. The van der Waals surface area contributed by atoms with Gasteiger partial charge in [0.25, 0.3) is 0 Å². The van der Waals surface area contributed by atoms with Gasteiger partial charge in [0.1, 0.15) is 11.9 Å². The first-order valence-electron chi connectivity index (χ1n) is 6.39. The molecule has 1 unspecified atom stereocenters. The normalized spacial score (nSPS) is 12.2. The fourth-order valence-corrected chi connectivity index (χ4v) is 2.25. The van der Waals surface area contributed by atoms with Gasteiger partial charge in [0.05, 0.1) is 18.0 Å². The highest BCUT2D eigenvalue weighted by atomic mass is 79.9. The molecule has 1 heterocycles. The van der Waals surface area contributed by atoms with E-state index in [1.54, 1.807) is 10.7 Å². The predicted molar refractivity (Wildman–Crippen MR) is 84.5 cm³/mol. The van der Waals surface area contributed by atoms with Crippen LogP contribution < -0.4 is 11.1 Å². The van der Waals surface area contributed by atoms with E-state index in [0.717, 1.165) is 15.9 Å². The number of nitrogens with two attached hydrogens (primary N) is 1. The smallest absolute Gasteiger partial charge is 0.244 e. The molecule has 2 aromatic rings. The first kappa shape index (κ1) is 15.7. The minimum absolute atomic E-state index is 0.163. The van der Waals surface area contributed by atoms with E-state index in [0.29, 0.717) is 5.82 Å². The highest BCUT2D eigenvalue weighted by Crippen LogP contribution is 2.20. The first-order chi connectivity index (χ1) is 10.0. The molecular formula is C14H17BrN4O2. The van der Waals surface area contributed by atoms with Crippen molar-refractivity contribution in [3.05, 3.63) is 40.5 Å². The molecule has 0 saturated carbocycles. The maximum atomic E-state index is 12.0. The molecule has 0 saturated heterocycles. The molecule has 2 rings (SSSR count). The monoisotopic (exact) mass is 352 g/mol. The summed E-state index contributed by atoms with van der Waals surface area (Å²) in [5, 5.41) is 7.16. The van der Waals surface area contributed by atoms with Gasteiger partial charge in [-0.25, -0.2) is 4.68 Å². The topological polar surface area (TPSA) is 82.2 Å². The highest BCUT2D eigenvalue weighted by Gasteiger charge is 2.16. The van der Waals surface area contributed by atoms with Gasteiger partial charge >= 0.3 is 0 Å². The Labute approximate surface area is 131 Å². The van der Waals surface area contributed by atoms with Crippen molar-refractivity contribution in [3.63, 3.8) is 0 Å². The number of carbonyl (C=O) groups is 1. The van der Waals surface area contributed by atoms with Crippen molar-refractivity contribution < 1.29 is 9.53 Å². The van der Waals surface area contributed by atoms with Crippen molar-refractivity contribution >= 4 is 27.7 Å². The number of nitrogens with one attached hydrogen (secondary N) is 1. The van der Waals surface area contributed by atoms with E-state index < -0.39 is 6.04 Å². The second-order valence-electron chi connectivity index (χ2n) is 4.61. The summed E-state index contributed by atoms with van der Waals surface area (Å²) in [6.07, 6.45) is 0. The Morgan fingerprint density at radius 1 is 1.52 bits per heavy atom. The fourth-order valence-electron chi connectivity index (χ4n) is 1.87. The average Bonchev–Trinajstić information content (AvgIpc) is 2.80. The van der Waals surface area contributed by atoms with Crippen LogP contribution in [0.15, 0.2) is 34.8 Å². The Hall–Kier alpha value is -1.70. The second kappa shape index (κ2) is 6.84. The highest BCUT2D eigenvalue weighted by molar-refractivity contribution is 9.10. The van der Waals surface area contributed by atoms with Crippen molar-refractivity contribution in [2.75, 3.05) is 19.0 Å². The Bertz CT molecular complexity index is 642. The summed E-state index contributed by atoms with van der Waals surface area (Å²) >= 11 is 3.42. The summed E-state index contributed by atoms with van der Waals surface area (Å²) in [6, 6.07) is 8.71. The predicted octanol–water partition coefficient (Wildman–Crippen LogP) is 1.86. The van der Waals surface area contributed by atoms with E-state index in [2.05, 4.69) is 26.3 Å². The molecule has 0 spiro atoms. The lowest BCUT2D eigenvalue weighted by Crippen LogP contribution is -2.39. The molecule has 1 aromatic carbocycles. The van der Waals surface area contributed by atoms with Gasteiger partial charge in [-0.3, -0.25) is 4.79 Å². The summed E-state index contributed by atoms with van der Waals surface area (Å²) < 4.78 is 7.48. The van der Waals surface area contributed by atoms with Crippen molar-refractivity contribution in [1.82, 2.24) is 9.78 Å². The third kappa shape index (κ3) is 3.90. The zero-order valence-corrected chi connectivity index (χ0v) is 13.4. The van der Waals surface area contributed by atoms with Crippen LogP contribution in [0.1, 0.15) is 5.69 Å². The number of amides is 1. The standard InChI is InChI=1S/C14H17BrN4O2/c1-9-6-13(17-14(20)12(16)8-21-2)19(18-9)11-5-3-4-10(15)7-11/h3-7,12H,8,16H2,1-2H3,(H,17,20). The number of carbonyl (C=O) groups excluding carboxylic acids is 1. The Morgan fingerprint density at radius 3 is 2.95 bits per heavy atom. The molecule has 0 aliphatic rings. The van der Waals surface area contributed by atoms with Crippen LogP contribution in [-0.4, -0.2) is 35.4 Å². The number of aryl methyl sites for hydroxylation is 1. The zero-order chi connectivity index (χ0) is 15.4. The molecule has 0 bridgehead atoms. The summed E-state index contributed by atoms with van der Waals surface area (Å²) in [4.78, 5) is 12.0.